The highest BCUT2D eigenvalue weighted by Crippen LogP contribution is 2.29. The van der Waals surface area contributed by atoms with Crippen LogP contribution in [0.15, 0.2) is 72.8 Å². The molecule has 3 rings (SSSR count). The minimum absolute atomic E-state index is 0.0470. The summed E-state index contributed by atoms with van der Waals surface area (Å²) >= 11 is 0. The SMILES string of the molecule is C/C=C\C=C/C(C)C(NC(=O)N1CCC(N(C(C)=O)c2ccc(C)cc2C)CC1)c1ccccc1. The third-order valence-corrected chi connectivity index (χ3v) is 6.75. The van der Waals surface area contributed by atoms with Crippen LogP contribution in [0.25, 0.3) is 0 Å². The lowest BCUT2D eigenvalue weighted by Crippen LogP contribution is -2.51. The fraction of sp³-hybridized carbons (Fsp3) is 0.400. The number of amides is 3. The lowest BCUT2D eigenvalue weighted by molar-refractivity contribution is -0.117. The molecule has 1 aliphatic heterocycles. The van der Waals surface area contributed by atoms with E-state index in [1.54, 1.807) is 6.92 Å². The van der Waals surface area contributed by atoms with Crippen molar-refractivity contribution >= 4 is 17.6 Å². The number of nitrogens with zero attached hydrogens (tertiary/aromatic N) is 2. The van der Waals surface area contributed by atoms with Crippen molar-refractivity contribution in [3.63, 3.8) is 0 Å². The summed E-state index contributed by atoms with van der Waals surface area (Å²) in [4.78, 5) is 29.7. The predicted octanol–water partition coefficient (Wildman–Crippen LogP) is 6.34. The van der Waals surface area contributed by atoms with Gasteiger partial charge in [-0.3, -0.25) is 4.79 Å². The van der Waals surface area contributed by atoms with Crippen molar-refractivity contribution in [2.75, 3.05) is 18.0 Å². The molecule has 0 aliphatic carbocycles. The van der Waals surface area contributed by atoms with E-state index in [2.05, 4.69) is 56.4 Å². The second-order valence-corrected chi connectivity index (χ2v) is 9.50. The average Bonchev–Trinajstić information content (AvgIpc) is 2.84. The molecule has 1 aliphatic rings. The van der Waals surface area contributed by atoms with Crippen molar-refractivity contribution in [2.45, 2.75) is 59.5 Å². The summed E-state index contributed by atoms with van der Waals surface area (Å²) in [6.07, 6.45) is 9.66. The number of likely N-dealkylation sites (tertiary alicyclic amines) is 1. The zero-order chi connectivity index (χ0) is 25.4. The summed E-state index contributed by atoms with van der Waals surface area (Å²) in [5.41, 5.74) is 4.35. The van der Waals surface area contributed by atoms with E-state index in [4.69, 9.17) is 0 Å². The quantitative estimate of drug-likeness (QED) is 0.477. The summed E-state index contributed by atoms with van der Waals surface area (Å²) in [6.45, 7) is 11.1. The third kappa shape index (κ3) is 6.84. The first-order chi connectivity index (χ1) is 16.8. The Labute approximate surface area is 210 Å². The van der Waals surface area contributed by atoms with E-state index in [1.165, 1.54) is 5.56 Å². The number of piperidine rings is 1. The van der Waals surface area contributed by atoms with Crippen LogP contribution in [-0.2, 0) is 4.79 Å². The van der Waals surface area contributed by atoms with Gasteiger partial charge in [-0.1, -0.05) is 79.3 Å². The highest BCUT2D eigenvalue weighted by atomic mass is 16.2. The molecular formula is C30H39N3O2. The molecule has 1 saturated heterocycles. The van der Waals surface area contributed by atoms with Crippen LogP contribution in [0, 0.1) is 19.8 Å². The third-order valence-electron chi connectivity index (χ3n) is 6.75. The smallest absolute Gasteiger partial charge is 0.317 e. The number of anilines is 1. The molecule has 2 atom stereocenters. The molecule has 0 bridgehead atoms. The second-order valence-electron chi connectivity index (χ2n) is 9.50. The Morgan fingerprint density at radius 3 is 2.34 bits per heavy atom. The number of allylic oxidation sites excluding steroid dienone is 3. The summed E-state index contributed by atoms with van der Waals surface area (Å²) in [5.74, 6) is 0.179. The Balaban J connectivity index is 1.69. The highest BCUT2D eigenvalue weighted by Gasteiger charge is 2.31. The van der Waals surface area contributed by atoms with E-state index in [0.29, 0.717) is 13.1 Å². The molecule has 2 aromatic rings. The van der Waals surface area contributed by atoms with Crippen molar-refractivity contribution in [1.82, 2.24) is 10.2 Å². The fourth-order valence-electron chi connectivity index (χ4n) is 4.89. The first-order valence-corrected chi connectivity index (χ1v) is 12.6. The van der Waals surface area contributed by atoms with Crippen LogP contribution < -0.4 is 10.2 Å². The van der Waals surface area contributed by atoms with Crippen molar-refractivity contribution < 1.29 is 9.59 Å². The van der Waals surface area contributed by atoms with Gasteiger partial charge < -0.3 is 15.1 Å². The van der Waals surface area contributed by atoms with Gasteiger partial charge in [0.25, 0.3) is 0 Å². The number of carbonyl (C=O) groups is 2. The van der Waals surface area contributed by atoms with Crippen molar-refractivity contribution in [3.05, 3.63) is 89.5 Å². The fourth-order valence-corrected chi connectivity index (χ4v) is 4.89. The van der Waals surface area contributed by atoms with Gasteiger partial charge in [0, 0.05) is 31.7 Å². The van der Waals surface area contributed by atoms with Crippen LogP contribution in [0.5, 0.6) is 0 Å². The van der Waals surface area contributed by atoms with E-state index in [9.17, 15) is 9.59 Å². The van der Waals surface area contributed by atoms with Crippen LogP contribution in [0.2, 0.25) is 0 Å². The predicted molar refractivity (Wildman–Crippen MR) is 145 cm³/mol. The minimum Gasteiger partial charge on any atom is -0.331 e. The molecule has 0 spiro atoms. The Morgan fingerprint density at radius 2 is 1.74 bits per heavy atom. The van der Waals surface area contributed by atoms with E-state index in [1.807, 2.05) is 59.2 Å². The van der Waals surface area contributed by atoms with Gasteiger partial charge in [-0.2, -0.15) is 0 Å². The lowest BCUT2D eigenvalue weighted by atomic mass is 9.94. The molecule has 3 amide bonds. The molecular weight excluding hydrogens is 434 g/mol. The first-order valence-electron chi connectivity index (χ1n) is 12.6. The largest absolute Gasteiger partial charge is 0.331 e. The molecule has 35 heavy (non-hydrogen) atoms. The number of rotatable bonds is 7. The molecule has 2 aromatic carbocycles. The van der Waals surface area contributed by atoms with E-state index >= 15 is 0 Å². The van der Waals surface area contributed by atoms with Gasteiger partial charge in [0.1, 0.15) is 0 Å². The maximum absolute atomic E-state index is 13.3. The Kier molecular flexibility index (Phi) is 9.30. The maximum atomic E-state index is 13.3. The highest BCUT2D eigenvalue weighted by molar-refractivity contribution is 5.93. The summed E-state index contributed by atoms with van der Waals surface area (Å²) < 4.78 is 0. The normalized spacial score (nSPS) is 16.4. The van der Waals surface area contributed by atoms with E-state index in [-0.39, 0.29) is 29.9 Å². The summed E-state index contributed by atoms with van der Waals surface area (Å²) in [6, 6.07) is 16.2. The standard InChI is InChI=1S/C30H39N3O2/c1-6-7-9-12-23(3)29(26-13-10-8-11-14-26)31-30(35)32-19-17-27(18-20-32)33(25(5)34)28-16-15-22(2)21-24(28)4/h6-16,21,23,27,29H,17-20H2,1-5H3,(H,31,35)/b7-6-,12-9-. The van der Waals surface area contributed by atoms with Crippen LogP contribution in [0.3, 0.4) is 0 Å². The number of benzene rings is 2. The number of aryl methyl sites for hydroxylation is 2. The van der Waals surface area contributed by atoms with Gasteiger partial charge in [-0.25, -0.2) is 4.79 Å². The van der Waals surface area contributed by atoms with Crippen molar-refractivity contribution in [1.29, 1.82) is 0 Å². The second kappa shape index (κ2) is 12.4. The topological polar surface area (TPSA) is 52.7 Å². The van der Waals surface area contributed by atoms with Crippen LogP contribution in [0.1, 0.15) is 56.3 Å². The lowest BCUT2D eigenvalue weighted by Gasteiger charge is -2.39. The number of hydrogen-bond acceptors (Lipinski definition) is 2. The zero-order valence-corrected chi connectivity index (χ0v) is 21.7. The van der Waals surface area contributed by atoms with Gasteiger partial charge in [-0.05, 0) is 56.7 Å². The number of hydrogen-bond donors (Lipinski definition) is 1. The van der Waals surface area contributed by atoms with Gasteiger partial charge in [-0.15, -0.1) is 0 Å². The number of nitrogens with one attached hydrogen (secondary N) is 1. The maximum Gasteiger partial charge on any atom is 0.317 e. The molecule has 1 fully saturated rings. The molecule has 1 heterocycles. The van der Waals surface area contributed by atoms with Crippen LogP contribution in [0.4, 0.5) is 10.5 Å². The van der Waals surface area contributed by atoms with Gasteiger partial charge in [0.2, 0.25) is 5.91 Å². The Bertz CT molecular complexity index is 1050. The Hall–Kier alpha value is -3.34. The number of carbonyl (C=O) groups excluding carboxylic acids is 2. The molecule has 0 aromatic heterocycles. The van der Waals surface area contributed by atoms with Crippen LogP contribution in [-0.4, -0.2) is 36.0 Å². The van der Waals surface area contributed by atoms with Crippen LogP contribution >= 0.6 is 0 Å². The van der Waals surface area contributed by atoms with Crippen molar-refractivity contribution in [2.24, 2.45) is 5.92 Å². The minimum atomic E-state index is -0.119. The average molecular weight is 474 g/mol. The molecule has 186 valence electrons. The van der Waals surface area contributed by atoms with Gasteiger partial charge in [0.15, 0.2) is 0 Å². The molecule has 0 radical (unpaired) electrons. The first kappa shape index (κ1) is 26.3. The molecule has 0 saturated carbocycles. The summed E-state index contributed by atoms with van der Waals surface area (Å²) in [7, 11) is 0. The summed E-state index contributed by atoms with van der Waals surface area (Å²) in [5, 5.41) is 3.27. The van der Waals surface area contributed by atoms with Gasteiger partial charge in [0.05, 0.1) is 6.04 Å². The Morgan fingerprint density at radius 1 is 1.06 bits per heavy atom. The van der Waals surface area contributed by atoms with Crippen molar-refractivity contribution in [3.8, 4) is 0 Å². The number of urea groups is 1. The van der Waals surface area contributed by atoms with E-state index in [0.717, 1.165) is 29.7 Å². The molecule has 2 unspecified atom stereocenters. The van der Waals surface area contributed by atoms with Gasteiger partial charge >= 0.3 is 6.03 Å². The van der Waals surface area contributed by atoms with E-state index < -0.39 is 0 Å². The monoisotopic (exact) mass is 473 g/mol. The molecule has 1 N–H and O–H groups in total. The molecule has 5 heteroatoms. The zero-order valence-electron chi connectivity index (χ0n) is 21.7. The molecule has 5 nitrogen and oxygen atoms in total.